The first kappa shape index (κ1) is 25.8. The molecule has 0 aromatic rings. The zero-order chi connectivity index (χ0) is 23.8. The average molecular weight is 452 g/mol. The SMILES string of the molecule is CC(C)[Si](OC[C@@H]1[C@H]2CC(=O)C=C[C@@]2(C=O)CN1C(=O)OC(C)(C)C)(C(C)C)C(C)C. The zero-order valence-corrected chi connectivity index (χ0v) is 21.7. The van der Waals surface area contributed by atoms with Gasteiger partial charge in [0.15, 0.2) is 14.1 Å². The fraction of sp³-hybridized carbons (Fsp3) is 0.792. The van der Waals surface area contributed by atoms with E-state index < -0.39 is 25.4 Å². The highest BCUT2D eigenvalue weighted by Crippen LogP contribution is 2.47. The van der Waals surface area contributed by atoms with Gasteiger partial charge in [-0.15, -0.1) is 0 Å². The van der Waals surface area contributed by atoms with Gasteiger partial charge < -0.3 is 18.9 Å². The molecule has 7 heteroatoms. The van der Waals surface area contributed by atoms with Crippen molar-refractivity contribution in [2.75, 3.05) is 13.2 Å². The van der Waals surface area contributed by atoms with Crippen LogP contribution in [0.1, 0.15) is 68.7 Å². The number of carbonyl (C=O) groups is 3. The number of likely N-dealkylation sites (tertiary alicyclic amines) is 1. The van der Waals surface area contributed by atoms with Gasteiger partial charge >= 0.3 is 6.09 Å². The molecule has 1 fully saturated rings. The molecule has 2 aliphatic rings. The van der Waals surface area contributed by atoms with Gasteiger partial charge in [-0.2, -0.15) is 0 Å². The van der Waals surface area contributed by atoms with Gasteiger partial charge in [-0.3, -0.25) is 4.79 Å². The Morgan fingerprint density at radius 3 is 2.19 bits per heavy atom. The molecule has 0 unspecified atom stereocenters. The van der Waals surface area contributed by atoms with Crippen LogP contribution < -0.4 is 0 Å². The number of hydrogen-bond donors (Lipinski definition) is 0. The van der Waals surface area contributed by atoms with Crippen molar-refractivity contribution in [3.05, 3.63) is 12.2 Å². The Morgan fingerprint density at radius 1 is 1.19 bits per heavy atom. The van der Waals surface area contributed by atoms with E-state index in [9.17, 15) is 14.4 Å². The molecule has 0 radical (unpaired) electrons. The number of allylic oxidation sites excluding steroid dienone is 1. The number of carbonyl (C=O) groups excluding carboxylic acids is 3. The lowest BCUT2D eigenvalue weighted by Gasteiger charge is -2.44. The van der Waals surface area contributed by atoms with Gasteiger partial charge in [-0.1, -0.05) is 47.6 Å². The Kier molecular flexibility index (Phi) is 7.63. The molecule has 1 amide bonds. The van der Waals surface area contributed by atoms with Gasteiger partial charge in [0.1, 0.15) is 11.9 Å². The molecule has 3 atom stereocenters. The third-order valence-electron chi connectivity index (χ3n) is 7.06. The van der Waals surface area contributed by atoms with E-state index in [1.54, 1.807) is 11.0 Å². The van der Waals surface area contributed by atoms with E-state index in [0.29, 0.717) is 23.2 Å². The summed E-state index contributed by atoms with van der Waals surface area (Å²) >= 11 is 0. The van der Waals surface area contributed by atoms with Crippen LogP contribution in [-0.4, -0.2) is 56.2 Å². The number of nitrogens with zero attached hydrogens (tertiary/aromatic N) is 1. The van der Waals surface area contributed by atoms with Gasteiger partial charge in [-0.25, -0.2) is 4.79 Å². The standard InChI is InChI=1S/C24H41NO5Si/c1-16(2)31(17(3)4,18(5)6)29-13-21-20-12-19(27)10-11-24(20,15-26)14-25(21)22(28)30-23(7,8)9/h10-11,15-18,20-21H,12-14H2,1-9H3/t20-,21-,24+/m1/s1. The number of ether oxygens (including phenoxy) is 1. The average Bonchev–Trinajstić information content (AvgIpc) is 2.94. The minimum Gasteiger partial charge on any atom is -0.444 e. The van der Waals surface area contributed by atoms with E-state index in [1.807, 2.05) is 20.8 Å². The van der Waals surface area contributed by atoms with Gasteiger partial charge in [0.2, 0.25) is 0 Å². The van der Waals surface area contributed by atoms with Crippen molar-refractivity contribution in [3.63, 3.8) is 0 Å². The summed E-state index contributed by atoms with van der Waals surface area (Å²) in [6.07, 6.45) is 3.85. The molecule has 1 heterocycles. The van der Waals surface area contributed by atoms with Crippen molar-refractivity contribution in [3.8, 4) is 0 Å². The molecule has 6 nitrogen and oxygen atoms in total. The summed E-state index contributed by atoms with van der Waals surface area (Å²) in [5, 5.41) is 0. The maximum atomic E-state index is 13.1. The van der Waals surface area contributed by atoms with E-state index in [2.05, 4.69) is 41.5 Å². The minimum absolute atomic E-state index is 0.0152. The van der Waals surface area contributed by atoms with Crippen LogP contribution >= 0.6 is 0 Å². The van der Waals surface area contributed by atoms with E-state index >= 15 is 0 Å². The van der Waals surface area contributed by atoms with Crippen LogP contribution in [0, 0.1) is 11.3 Å². The van der Waals surface area contributed by atoms with Gasteiger partial charge in [-0.05, 0) is 43.5 Å². The number of amides is 1. The lowest BCUT2D eigenvalue weighted by Crippen LogP contribution is -2.52. The lowest BCUT2D eigenvalue weighted by atomic mass is 9.71. The number of ketones is 1. The minimum atomic E-state index is -2.18. The molecule has 1 saturated heterocycles. The molecule has 31 heavy (non-hydrogen) atoms. The lowest BCUT2D eigenvalue weighted by molar-refractivity contribution is -0.120. The van der Waals surface area contributed by atoms with Crippen molar-refractivity contribution in [1.29, 1.82) is 0 Å². The fourth-order valence-corrected chi connectivity index (χ4v) is 11.2. The molecule has 0 aromatic heterocycles. The van der Waals surface area contributed by atoms with E-state index in [1.165, 1.54) is 6.08 Å². The van der Waals surface area contributed by atoms with Crippen molar-refractivity contribution in [2.45, 2.75) is 97.0 Å². The monoisotopic (exact) mass is 451 g/mol. The van der Waals surface area contributed by atoms with Crippen LogP contribution in [0.15, 0.2) is 12.2 Å². The van der Waals surface area contributed by atoms with Crippen LogP contribution in [0.3, 0.4) is 0 Å². The van der Waals surface area contributed by atoms with Gasteiger partial charge in [0.05, 0.1) is 18.1 Å². The second kappa shape index (κ2) is 9.18. The molecule has 1 aliphatic heterocycles. The molecule has 0 N–H and O–H groups in total. The first-order valence-electron chi connectivity index (χ1n) is 11.5. The summed E-state index contributed by atoms with van der Waals surface area (Å²) in [4.78, 5) is 39.2. The molecule has 2 rings (SSSR count). The quantitative estimate of drug-likeness (QED) is 0.396. The smallest absolute Gasteiger partial charge is 0.410 e. The van der Waals surface area contributed by atoms with Crippen LogP contribution in [0.4, 0.5) is 4.79 Å². The van der Waals surface area contributed by atoms with Crippen molar-refractivity contribution in [1.82, 2.24) is 4.90 Å². The third-order valence-corrected chi connectivity index (χ3v) is 13.1. The van der Waals surface area contributed by atoms with Crippen LogP contribution in [0.2, 0.25) is 16.6 Å². The van der Waals surface area contributed by atoms with E-state index in [4.69, 9.17) is 9.16 Å². The van der Waals surface area contributed by atoms with Crippen molar-refractivity contribution in [2.24, 2.45) is 11.3 Å². The molecular formula is C24H41NO5Si. The molecule has 0 bridgehead atoms. The van der Waals surface area contributed by atoms with E-state index in [-0.39, 0.29) is 30.7 Å². The van der Waals surface area contributed by atoms with Gasteiger partial charge in [0.25, 0.3) is 0 Å². The predicted octanol–water partition coefficient (Wildman–Crippen LogP) is 5.13. The zero-order valence-electron chi connectivity index (χ0n) is 20.7. The van der Waals surface area contributed by atoms with Crippen LogP contribution in [0.25, 0.3) is 0 Å². The molecule has 0 spiro atoms. The van der Waals surface area contributed by atoms with Gasteiger partial charge in [0, 0.05) is 18.9 Å². The van der Waals surface area contributed by atoms with E-state index in [0.717, 1.165) is 6.29 Å². The fourth-order valence-electron chi connectivity index (χ4n) is 5.76. The Balaban J connectivity index is 2.43. The predicted molar refractivity (Wildman–Crippen MR) is 124 cm³/mol. The summed E-state index contributed by atoms with van der Waals surface area (Å²) in [6.45, 7) is 19.3. The highest BCUT2D eigenvalue weighted by Gasteiger charge is 2.56. The molecule has 0 aromatic carbocycles. The van der Waals surface area contributed by atoms with Crippen molar-refractivity contribution >= 4 is 26.5 Å². The molecule has 1 aliphatic carbocycles. The third kappa shape index (κ3) is 4.97. The first-order valence-corrected chi connectivity index (χ1v) is 13.7. The van der Waals surface area contributed by atoms with Crippen molar-refractivity contribution < 1.29 is 23.5 Å². The first-order chi connectivity index (χ1) is 14.2. The highest BCUT2D eigenvalue weighted by molar-refractivity contribution is 6.77. The topological polar surface area (TPSA) is 72.9 Å². The second-order valence-corrected chi connectivity index (χ2v) is 16.6. The maximum Gasteiger partial charge on any atom is 0.410 e. The summed E-state index contributed by atoms with van der Waals surface area (Å²) in [7, 11) is -2.18. The highest BCUT2D eigenvalue weighted by atomic mass is 28.4. The number of fused-ring (bicyclic) bond motifs is 1. The van der Waals surface area contributed by atoms with Crippen LogP contribution in [-0.2, 0) is 18.8 Å². The Hall–Kier alpha value is -1.47. The maximum absolute atomic E-state index is 13.1. The summed E-state index contributed by atoms with van der Waals surface area (Å²) in [6, 6.07) is -0.378. The Morgan fingerprint density at radius 2 is 1.74 bits per heavy atom. The largest absolute Gasteiger partial charge is 0.444 e. The Labute approximate surface area is 188 Å². The summed E-state index contributed by atoms with van der Waals surface area (Å²) in [5.41, 5.74) is -0.327. The number of rotatable bonds is 7. The second-order valence-electron chi connectivity index (χ2n) is 11.1. The summed E-state index contributed by atoms with van der Waals surface area (Å²) < 4.78 is 12.5. The summed E-state index contributed by atoms with van der Waals surface area (Å²) in [5.74, 6) is -0.313. The normalized spacial score (nSPS) is 26.7. The van der Waals surface area contributed by atoms with Crippen LogP contribution in [0.5, 0.6) is 0 Å². The number of aldehydes is 1. The number of hydrogen-bond acceptors (Lipinski definition) is 5. The Bertz CT molecular complexity index is 702. The molecule has 0 saturated carbocycles. The molecular weight excluding hydrogens is 410 g/mol. The molecule has 176 valence electrons.